The molecule has 0 radical (unpaired) electrons. The maximum absolute atomic E-state index is 9.95. The van der Waals surface area contributed by atoms with Gasteiger partial charge in [0.15, 0.2) is 0 Å². The highest BCUT2D eigenvalue weighted by Crippen LogP contribution is 2.23. The Balaban J connectivity index is 0. The lowest BCUT2D eigenvalue weighted by atomic mass is 10.1. The average molecular weight is 454 g/mol. The molecule has 0 unspecified atom stereocenters. The molecule has 0 fully saturated rings. The van der Waals surface area contributed by atoms with Gasteiger partial charge < -0.3 is 25.5 Å². The van der Waals surface area contributed by atoms with Gasteiger partial charge in [0.2, 0.25) is 0 Å². The van der Waals surface area contributed by atoms with Crippen molar-refractivity contribution >= 4 is 11.9 Å². The summed E-state index contributed by atoms with van der Waals surface area (Å²) in [6, 6.07) is 0. The van der Waals surface area contributed by atoms with Gasteiger partial charge in [-0.2, -0.15) is 0 Å². The number of aryl methyl sites for hydroxylation is 1. The molecular formula is C24H39NO7. The second kappa shape index (κ2) is 21.5. The average Bonchev–Trinajstić information content (AvgIpc) is 2.76. The van der Waals surface area contributed by atoms with Crippen molar-refractivity contribution in [2.75, 3.05) is 0 Å². The zero-order chi connectivity index (χ0) is 24.8. The molecule has 32 heavy (non-hydrogen) atoms. The zero-order valence-electron chi connectivity index (χ0n) is 19.5. The molecule has 0 aliphatic heterocycles. The quantitative estimate of drug-likeness (QED) is 0.229. The van der Waals surface area contributed by atoms with Gasteiger partial charge in [0.05, 0.1) is 18.9 Å². The van der Waals surface area contributed by atoms with Crippen molar-refractivity contribution in [3.63, 3.8) is 0 Å². The van der Waals surface area contributed by atoms with Crippen LogP contribution in [0.4, 0.5) is 0 Å². The summed E-state index contributed by atoms with van der Waals surface area (Å²) in [4.78, 5) is 23.7. The van der Waals surface area contributed by atoms with Crippen molar-refractivity contribution in [3.8, 4) is 5.75 Å². The van der Waals surface area contributed by atoms with E-state index in [9.17, 15) is 14.7 Å². The third-order valence-electron chi connectivity index (χ3n) is 4.23. The summed E-state index contributed by atoms with van der Waals surface area (Å²) in [6.45, 7) is 5.37. The van der Waals surface area contributed by atoms with Gasteiger partial charge in [-0.25, -0.2) is 9.59 Å². The molecule has 0 amide bonds. The molecule has 0 aliphatic carbocycles. The number of pyridine rings is 1. The Kier molecular flexibility index (Phi) is 21.2. The van der Waals surface area contributed by atoms with Gasteiger partial charge in [-0.3, -0.25) is 4.98 Å². The van der Waals surface area contributed by atoms with Crippen LogP contribution in [-0.2, 0) is 22.8 Å². The SMILES string of the molecule is CCCCCC=CC(=O)O.CCCCCC=CC(=O)O.Cc1ncc(CO)c(CO)c1O. The Hall–Kier alpha value is -2.71. The predicted molar refractivity (Wildman–Crippen MR) is 124 cm³/mol. The summed E-state index contributed by atoms with van der Waals surface area (Å²) in [5, 5.41) is 43.4. The number of aromatic nitrogens is 1. The number of aliphatic carboxylic acids is 2. The van der Waals surface area contributed by atoms with Gasteiger partial charge in [-0.1, -0.05) is 51.7 Å². The first-order valence-electron chi connectivity index (χ1n) is 10.9. The number of carboxylic acid groups (broad SMARTS) is 2. The van der Waals surface area contributed by atoms with Crippen LogP contribution in [0, 0.1) is 6.92 Å². The van der Waals surface area contributed by atoms with Crippen molar-refractivity contribution in [1.29, 1.82) is 0 Å². The van der Waals surface area contributed by atoms with Gasteiger partial charge in [0.1, 0.15) is 5.75 Å². The van der Waals surface area contributed by atoms with E-state index in [2.05, 4.69) is 18.8 Å². The van der Waals surface area contributed by atoms with E-state index in [0.717, 1.165) is 25.7 Å². The Bertz CT molecular complexity index is 670. The van der Waals surface area contributed by atoms with Crippen molar-refractivity contribution in [3.05, 3.63) is 47.3 Å². The molecule has 0 aromatic carbocycles. The molecule has 8 nitrogen and oxygen atoms in total. The van der Waals surface area contributed by atoms with Crippen molar-refractivity contribution in [1.82, 2.24) is 4.98 Å². The van der Waals surface area contributed by atoms with E-state index in [4.69, 9.17) is 20.4 Å². The number of carboxylic acids is 2. The van der Waals surface area contributed by atoms with E-state index >= 15 is 0 Å². The summed E-state index contributed by atoms with van der Waals surface area (Å²) in [5.41, 5.74) is 1.27. The number of aliphatic hydroxyl groups excluding tert-OH is 2. The zero-order valence-corrected chi connectivity index (χ0v) is 19.5. The molecule has 0 spiro atoms. The van der Waals surface area contributed by atoms with E-state index in [-0.39, 0.29) is 19.0 Å². The fraction of sp³-hybridized carbons (Fsp3) is 0.542. The van der Waals surface area contributed by atoms with Gasteiger partial charge in [-0.15, -0.1) is 0 Å². The number of hydrogen-bond donors (Lipinski definition) is 5. The lowest BCUT2D eigenvalue weighted by Crippen LogP contribution is -1.98. The molecule has 1 rings (SSSR count). The highest BCUT2D eigenvalue weighted by atomic mass is 16.4. The Morgan fingerprint density at radius 1 is 0.875 bits per heavy atom. The van der Waals surface area contributed by atoms with E-state index in [1.54, 1.807) is 19.1 Å². The fourth-order valence-corrected chi connectivity index (χ4v) is 2.39. The monoisotopic (exact) mass is 453 g/mol. The number of nitrogens with zero attached hydrogens (tertiary/aromatic N) is 1. The van der Waals surface area contributed by atoms with Crippen LogP contribution >= 0.6 is 0 Å². The molecule has 0 bridgehead atoms. The van der Waals surface area contributed by atoms with E-state index in [0.29, 0.717) is 16.8 Å². The number of unbranched alkanes of at least 4 members (excludes halogenated alkanes) is 6. The third kappa shape index (κ3) is 18.1. The fourth-order valence-electron chi connectivity index (χ4n) is 2.39. The minimum atomic E-state index is -0.850. The Morgan fingerprint density at radius 3 is 1.69 bits per heavy atom. The van der Waals surface area contributed by atoms with Gasteiger partial charge in [0, 0.05) is 29.5 Å². The summed E-state index contributed by atoms with van der Waals surface area (Å²) in [6.07, 6.45) is 16.0. The second-order valence-electron chi connectivity index (χ2n) is 6.99. The standard InChI is InChI=1S/C8H11NO3.2C8H14O2/c1-5-8(12)7(4-11)6(3-10)2-9-5;2*1-2-3-4-5-6-7-8(9)10/h2,10-12H,3-4H2,1H3;2*6-7H,2-5H2,1H3,(H,9,10). The summed E-state index contributed by atoms with van der Waals surface area (Å²) < 4.78 is 0. The second-order valence-corrected chi connectivity index (χ2v) is 6.99. The Labute approximate surface area is 191 Å². The summed E-state index contributed by atoms with van der Waals surface area (Å²) >= 11 is 0. The number of hydrogen-bond acceptors (Lipinski definition) is 6. The van der Waals surface area contributed by atoms with Crippen LogP contribution in [0.2, 0.25) is 0 Å². The van der Waals surface area contributed by atoms with Crippen LogP contribution in [0.15, 0.2) is 30.5 Å². The van der Waals surface area contributed by atoms with Gasteiger partial charge >= 0.3 is 11.9 Å². The highest BCUT2D eigenvalue weighted by Gasteiger charge is 2.09. The molecule has 0 saturated heterocycles. The number of aromatic hydroxyl groups is 1. The summed E-state index contributed by atoms with van der Waals surface area (Å²) in [5.74, 6) is -1.74. The van der Waals surface area contributed by atoms with Crippen molar-refractivity contribution in [2.45, 2.75) is 85.4 Å². The Morgan fingerprint density at radius 2 is 1.34 bits per heavy atom. The normalized spacial score (nSPS) is 10.4. The van der Waals surface area contributed by atoms with Gasteiger partial charge in [-0.05, 0) is 32.6 Å². The number of allylic oxidation sites excluding steroid dienone is 2. The molecular weight excluding hydrogens is 414 g/mol. The molecule has 0 atom stereocenters. The molecule has 0 saturated carbocycles. The molecule has 5 N–H and O–H groups in total. The maximum atomic E-state index is 9.95. The van der Waals surface area contributed by atoms with Crippen LogP contribution in [0.1, 0.15) is 82.0 Å². The molecule has 1 heterocycles. The van der Waals surface area contributed by atoms with Crippen LogP contribution in [0.3, 0.4) is 0 Å². The molecule has 0 aliphatic rings. The first-order chi connectivity index (χ1) is 15.2. The highest BCUT2D eigenvalue weighted by molar-refractivity contribution is 5.79. The molecule has 182 valence electrons. The molecule has 8 heteroatoms. The van der Waals surface area contributed by atoms with Crippen molar-refractivity contribution < 1.29 is 35.1 Å². The molecule has 1 aromatic heterocycles. The van der Waals surface area contributed by atoms with Crippen LogP contribution in [-0.4, -0.2) is 42.5 Å². The predicted octanol–water partition coefficient (Wildman–Crippen LogP) is 4.50. The lowest BCUT2D eigenvalue weighted by Gasteiger charge is -2.07. The molecule has 1 aromatic rings. The van der Waals surface area contributed by atoms with Crippen LogP contribution in [0.25, 0.3) is 0 Å². The van der Waals surface area contributed by atoms with Crippen LogP contribution in [0.5, 0.6) is 5.75 Å². The largest absolute Gasteiger partial charge is 0.506 e. The van der Waals surface area contributed by atoms with E-state index in [1.807, 2.05) is 0 Å². The number of aliphatic hydroxyl groups is 2. The topological polar surface area (TPSA) is 148 Å². The van der Waals surface area contributed by atoms with Crippen LogP contribution < -0.4 is 0 Å². The summed E-state index contributed by atoms with van der Waals surface area (Å²) in [7, 11) is 0. The lowest BCUT2D eigenvalue weighted by molar-refractivity contribution is -0.132. The first-order valence-corrected chi connectivity index (χ1v) is 10.9. The third-order valence-corrected chi connectivity index (χ3v) is 4.23. The van der Waals surface area contributed by atoms with Gasteiger partial charge in [0.25, 0.3) is 0 Å². The number of rotatable bonds is 12. The smallest absolute Gasteiger partial charge is 0.327 e. The van der Waals surface area contributed by atoms with Crippen molar-refractivity contribution in [2.24, 2.45) is 0 Å². The van der Waals surface area contributed by atoms with E-state index in [1.165, 1.54) is 44.0 Å². The minimum absolute atomic E-state index is 0.0379. The first kappa shape index (κ1) is 31.5. The van der Waals surface area contributed by atoms with E-state index < -0.39 is 11.9 Å². The number of carbonyl (C=O) groups is 2. The maximum Gasteiger partial charge on any atom is 0.327 e. The minimum Gasteiger partial charge on any atom is -0.506 e.